The van der Waals surface area contributed by atoms with Crippen LogP contribution in [0.25, 0.3) is 0 Å². The van der Waals surface area contributed by atoms with Gasteiger partial charge in [-0.2, -0.15) is 0 Å². The van der Waals surface area contributed by atoms with Crippen LogP contribution in [0.3, 0.4) is 0 Å². The SMILES string of the molecule is O=C(Nc1ccc(NCc2cccnc2)cc1)C1CCCCC1. The third-order valence-electron chi connectivity index (χ3n) is 4.35. The molecule has 1 aromatic heterocycles. The number of carbonyl (C=O) groups is 1. The summed E-state index contributed by atoms with van der Waals surface area (Å²) in [6.45, 7) is 0.738. The van der Waals surface area contributed by atoms with Crippen LogP contribution in [0.15, 0.2) is 48.8 Å². The monoisotopic (exact) mass is 309 g/mol. The van der Waals surface area contributed by atoms with E-state index < -0.39 is 0 Å². The van der Waals surface area contributed by atoms with Crippen molar-refractivity contribution in [3.63, 3.8) is 0 Å². The van der Waals surface area contributed by atoms with Crippen molar-refractivity contribution >= 4 is 17.3 Å². The topological polar surface area (TPSA) is 54.0 Å². The predicted molar refractivity (Wildman–Crippen MR) is 93.2 cm³/mol. The van der Waals surface area contributed by atoms with Crippen molar-refractivity contribution in [2.45, 2.75) is 38.6 Å². The normalized spacial score (nSPS) is 15.1. The van der Waals surface area contributed by atoms with Gasteiger partial charge >= 0.3 is 0 Å². The minimum atomic E-state index is 0.167. The summed E-state index contributed by atoms with van der Waals surface area (Å²) in [5, 5.41) is 6.39. The number of benzene rings is 1. The number of rotatable bonds is 5. The summed E-state index contributed by atoms with van der Waals surface area (Å²) < 4.78 is 0. The Morgan fingerprint density at radius 3 is 2.48 bits per heavy atom. The van der Waals surface area contributed by atoms with Crippen LogP contribution < -0.4 is 10.6 Å². The number of nitrogens with one attached hydrogen (secondary N) is 2. The number of anilines is 2. The zero-order valence-electron chi connectivity index (χ0n) is 13.3. The van der Waals surface area contributed by atoms with Gasteiger partial charge in [-0.05, 0) is 48.7 Å². The van der Waals surface area contributed by atoms with Gasteiger partial charge in [0, 0.05) is 36.2 Å². The van der Waals surface area contributed by atoms with Crippen molar-refractivity contribution in [3.05, 3.63) is 54.4 Å². The van der Waals surface area contributed by atoms with Gasteiger partial charge in [0.2, 0.25) is 5.91 Å². The molecule has 1 aliphatic carbocycles. The molecule has 1 fully saturated rings. The predicted octanol–water partition coefficient (Wildman–Crippen LogP) is 4.21. The van der Waals surface area contributed by atoms with Crippen LogP contribution in [-0.4, -0.2) is 10.9 Å². The molecule has 4 heteroatoms. The van der Waals surface area contributed by atoms with Gasteiger partial charge in [-0.15, -0.1) is 0 Å². The molecular weight excluding hydrogens is 286 g/mol. The Hall–Kier alpha value is -2.36. The maximum absolute atomic E-state index is 12.2. The lowest BCUT2D eigenvalue weighted by atomic mass is 9.88. The van der Waals surface area contributed by atoms with Crippen molar-refractivity contribution < 1.29 is 4.79 Å². The lowest BCUT2D eigenvalue weighted by Gasteiger charge is -2.20. The number of aromatic nitrogens is 1. The Morgan fingerprint density at radius 2 is 1.78 bits per heavy atom. The Labute approximate surface area is 137 Å². The van der Waals surface area contributed by atoms with E-state index in [2.05, 4.69) is 15.6 Å². The summed E-state index contributed by atoms with van der Waals surface area (Å²) in [5.41, 5.74) is 3.04. The summed E-state index contributed by atoms with van der Waals surface area (Å²) in [6, 6.07) is 11.9. The van der Waals surface area contributed by atoms with Crippen molar-refractivity contribution in [3.8, 4) is 0 Å². The average Bonchev–Trinajstić information content (AvgIpc) is 2.63. The van der Waals surface area contributed by atoms with E-state index in [0.717, 1.165) is 36.3 Å². The molecule has 2 aromatic rings. The maximum Gasteiger partial charge on any atom is 0.227 e. The van der Waals surface area contributed by atoms with Crippen LogP contribution in [0.2, 0.25) is 0 Å². The molecule has 1 saturated carbocycles. The molecule has 1 aliphatic rings. The van der Waals surface area contributed by atoms with E-state index in [0.29, 0.717) is 0 Å². The first-order chi connectivity index (χ1) is 11.3. The van der Waals surface area contributed by atoms with Gasteiger partial charge in [0.25, 0.3) is 0 Å². The number of nitrogens with zero attached hydrogens (tertiary/aromatic N) is 1. The standard InChI is InChI=1S/C19H23N3O/c23-19(16-6-2-1-3-7-16)22-18-10-8-17(9-11-18)21-14-15-5-4-12-20-13-15/h4-5,8-13,16,21H,1-3,6-7,14H2,(H,22,23). The third-order valence-corrected chi connectivity index (χ3v) is 4.35. The Bertz CT molecular complexity index is 619. The Kier molecular flexibility index (Phi) is 5.25. The number of hydrogen-bond acceptors (Lipinski definition) is 3. The number of hydrogen-bond donors (Lipinski definition) is 2. The minimum Gasteiger partial charge on any atom is -0.381 e. The van der Waals surface area contributed by atoms with Gasteiger partial charge in [0.15, 0.2) is 0 Å². The van der Waals surface area contributed by atoms with Crippen molar-refractivity contribution in [2.24, 2.45) is 5.92 Å². The molecular formula is C19H23N3O. The molecule has 23 heavy (non-hydrogen) atoms. The second-order valence-corrected chi connectivity index (χ2v) is 6.12. The van der Waals surface area contributed by atoms with Gasteiger partial charge in [-0.1, -0.05) is 25.3 Å². The second kappa shape index (κ2) is 7.77. The van der Waals surface area contributed by atoms with E-state index in [-0.39, 0.29) is 11.8 Å². The van der Waals surface area contributed by atoms with Gasteiger partial charge in [-0.25, -0.2) is 0 Å². The third kappa shape index (κ3) is 4.55. The molecule has 1 amide bonds. The van der Waals surface area contributed by atoms with E-state index in [4.69, 9.17) is 0 Å². The molecule has 0 bridgehead atoms. The first kappa shape index (κ1) is 15.5. The van der Waals surface area contributed by atoms with Crippen LogP contribution in [-0.2, 0) is 11.3 Å². The summed E-state index contributed by atoms with van der Waals surface area (Å²) in [6.07, 6.45) is 9.29. The molecule has 120 valence electrons. The fraction of sp³-hybridized carbons (Fsp3) is 0.368. The second-order valence-electron chi connectivity index (χ2n) is 6.12. The van der Waals surface area contributed by atoms with E-state index in [1.54, 1.807) is 6.20 Å². The Balaban J connectivity index is 1.51. The Morgan fingerprint density at radius 1 is 1.04 bits per heavy atom. The summed E-state index contributed by atoms with van der Waals surface area (Å²) in [4.78, 5) is 16.3. The lowest BCUT2D eigenvalue weighted by molar-refractivity contribution is -0.120. The fourth-order valence-electron chi connectivity index (χ4n) is 2.99. The van der Waals surface area contributed by atoms with Crippen LogP contribution in [0.5, 0.6) is 0 Å². The van der Waals surface area contributed by atoms with Gasteiger partial charge < -0.3 is 10.6 Å². The molecule has 0 saturated heterocycles. The van der Waals surface area contributed by atoms with E-state index in [9.17, 15) is 4.79 Å². The van der Waals surface area contributed by atoms with Crippen molar-refractivity contribution in [2.75, 3.05) is 10.6 Å². The highest BCUT2D eigenvalue weighted by molar-refractivity contribution is 5.92. The van der Waals surface area contributed by atoms with Crippen LogP contribution >= 0.6 is 0 Å². The van der Waals surface area contributed by atoms with E-state index in [1.165, 1.54) is 19.3 Å². The molecule has 0 radical (unpaired) electrons. The minimum absolute atomic E-state index is 0.167. The maximum atomic E-state index is 12.2. The fourth-order valence-corrected chi connectivity index (χ4v) is 2.99. The zero-order valence-corrected chi connectivity index (χ0v) is 13.3. The first-order valence-electron chi connectivity index (χ1n) is 8.35. The highest BCUT2D eigenvalue weighted by Crippen LogP contribution is 2.25. The highest BCUT2D eigenvalue weighted by Gasteiger charge is 2.20. The molecule has 0 aliphatic heterocycles. The average molecular weight is 309 g/mol. The number of amides is 1. The van der Waals surface area contributed by atoms with Crippen LogP contribution in [0.4, 0.5) is 11.4 Å². The molecule has 3 rings (SSSR count). The molecule has 0 unspecified atom stereocenters. The summed E-state index contributed by atoms with van der Waals surface area (Å²) >= 11 is 0. The first-order valence-corrected chi connectivity index (χ1v) is 8.35. The van der Waals surface area contributed by atoms with Crippen molar-refractivity contribution in [1.29, 1.82) is 0 Å². The quantitative estimate of drug-likeness (QED) is 0.869. The molecule has 1 aromatic carbocycles. The molecule has 4 nitrogen and oxygen atoms in total. The van der Waals surface area contributed by atoms with Gasteiger partial charge in [-0.3, -0.25) is 9.78 Å². The van der Waals surface area contributed by atoms with Crippen molar-refractivity contribution in [1.82, 2.24) is 4.98 Å². The molecule has 2 N–H and O–H groups in total. The largest absolute Gasteiger partial charge is 0.381 e. The number of carbonyl (C=O) groups excluding carboxylic acids is 1. The smallest absolute Gasteiger partial charge is 0.227 e. The van der Waals surface area contributed by atoms with Crippen LogP contribution in [0, 0.1) is 5.92 Å². The highest BCUT2D eigenvalue weighted by atomic mass is 16.1. The zero-order chi connectivity index (χ0) is 15.9. The van der Waals surface area contributed by atoms with E-state index >= 15 is 0 Å². The summed E-state index contributed by atoms with van der Waals surface area (Å²) in [5.74, 6) is 0.355. The van der Waals surface area contributed by atoms with Crippen LogP contribution in [0.1, 0.15) is 37.7 Å². The number of pyridine rings is 1. The molecule has 0 spiro atoms. The van der Waals surface area contributed by atoms with Gasteiger partial charge in [0.1, 0.15) is 0 Å². The molecule has 1 heterocycles. The molecule has 0 atom stereocenters. The van der Waals surface area contributed by atoms with Gasteiger partial charge in [0.05, 0.1) is 0 Å². The van der Waals surface area contributed by atoms with E-state index in [1.807, 2.05) is 42.6 Å². The lowest BCUT2D eigenvalue weighted by Crippen LogP contribution is -2.24. The summed E-state index contributed by atoms with van der Waals surface area (Å²) in [7, 11) is 0.